The first-order chi connectivity index (χ1) is 6.57. The van der Waals surface area contributed by atoms with Crippen molar-refractivity contribution in [1.29, 1.82) is 0 Å². The molecular formula is C8H16F2N2O2. The van der Waals surface area contributed by atoms with Crippen molar-refractivity contribution in [3.8, 4) is 0 Å². The van der Waals surface area contributed by atoms with Crippen molar-refractivity contribution in [2.45, 2.75) is 19.4 Å². The van der Waals surface area contributed by atoms with Gasteiger partial charge in [0.1, 0.15) is 6.61 Å². The van der Waals surface area contributed by atoms with Gasteiger partial charge in [0.05, 0.1) is 12.6 Å². The molecule has 0 aliphatic heterocycles. The molecule has 0 spiro atoms. The molecule has 14 heavy (non-hydrogen) atoms. The lowest BCUT2D eigenvalue weighted by atomic mass is 10.3. The van der Waals surface area contributed by atoms with E-state index in [1.165, 1.54) is 7.05 Å². The summed E-state index contributed by atoms with van der Waals surface area (Å²) in [7, 11) is 1.54. The first kappa shape index (κ1) is 13.2. The number of likely N-dealkylation sites (N-methyl/N-ethyl adjacent to an activating group) is 1. The summed E-state index contributed by atoms with van der Waals surface area (Å²) in [6, 6.07) is -0.338. The van der Waals surface area contributed by atoms with Gasteiger partial charge in [0, 0.05) is 13.6 Å². The molecule has 0 radical (unpaired) electrons. The van der Waals surface area contributed by atoms with Crippen molar-refractivity contribution in [2.24, 2.45) is 0 Å². The van der Waals surface area contributed by atoms with E-state index in [1.54, 1.807) is 6.92 Å². The zero-order valence-electron chi connectivity index (χ0n) is 8.35. The summed E-state index contributed by atoms with van der Waals surface area (Å²) in [6.45, 7) is 1.68. The van der Waals surface area contributed by atoms with Gasteiger partial charge in [0.15, 0.2) is 0 Å². The van der Waals surface area contributed by atoms with Gasteiger partial charge in [0.25, 0.3) is 6.43 Å². The summed E-state index contributed by atoms with van der Waals surface area (Å²) in [6.07, 6.45) is -2.44. The molecule has 4 nitrogen and oxygen atoms in total. The first-order valence-corrected chi connectivity index (χ1v) is 4.38. The number of nitrogens with one attached hydrogen (secondary N) is 2. The van der Waals surface area contributed by atoms with Crippen LogP contribution < -0.4 is 10.6 Å². The lowest BCUT2D eigenvalue weighted by molar-refractivity contribution is -0.122. The van der Waals surface area contributed by atoms with Crippen LogP contribution in [0.25, 0.3) is 0 Å². The average Bonchev–Trinajstić information content (AvgIpc) is 2.15. The zero-order chi connectivity index (χ0) is 11.0. The SMILES string of the molecule is CNC(=O)C(C)NCCOCC(F)F. The molecule has 1 unspecified atom stereocenters. The van der Waals surface area contributed by atoms with Crippen LogP contribution in [0.2, 0.25) is 0 Å². The summed E-state index contributed by atoms with van der Waals surface area (Å²) in [5.74, 6) is -0.140. The lowest BCUT2D eigenvalue weighted by Gasteiger charge is -2.11. The molecule has 0 heterocycles. The normalized spacial score (nSPS) is 12.9. The van der Waals surface area contributed by atoms with E-state index < -0.39 is 13.0 Å². The third-order valence-electron chi connectivity index (χ3n) is 1.58. The Morgan fingerprint density at radius 3 is 2.64 bits per heavy atom. The van der Waals surface area contributed by atoms with Crippen LogP contribution in [0.3, 0.4) is 0 Å². The molecule has 0 fully saturated rings. The number of alkyl halides is 2. The van der Waals surface area contributed by atoms with E-state index in [1.807, 2.05) is 0 Å². The fourth-order valence-electron chi connectivity index (χ4n) is 0.829. The van der Waals surface area contributed by atoms with E-state index in [4.69, 9.17) is 0 Å². The van der Waals surface area contributed by atoms with Crippen LogP contribution in [-0.4, -0.2) is 45.2 Å². The number of halogens is 2. The summed E-state index contributed by atoms with van der Waals surface area (Å²) >= 11 is 0. The Kier molecular flexibility index (Phi) is 7.23. The molecule has 0 aromatic carbocycles. The highest BCUT2D eigenvalue weighted by molar-refractivity contribution is 5.80. The maximum Gasteiger partial charge on any atom is 0.261 e. The number of hydrogen-bond acceptors (Lipinski definition) is 3. The highest BCUT2D eigenvalue weighted by atomic mass is 19.3. The number of ether oxygens (including phenoxy) is 1. The van der Waals surface area contributed by atoms with Crippen LogP contribution >= 0.6 is 0 Å². The van der Waals surface area contributed by atoms with E-state index >= 15 is 0 Å². The Balaban J connectivity index is 3.31. The largest absolute Gasteiger partial charge is 0.374 e. The molecule has 1 atom stereocenters. The predicted molar refractivity (Wildman–Crippen MR) is 48.4 cm³/mol. The zero-order valence-corrected chi connectivity index (χ0v) is 8.35. The minimum Gasteiger partial charge on any atom is -0.374 e. The second kappa shape index (κ2) is 7.64. The molecule has 0 aliphatic carbocycles. The summed E-state index contributed by atoms with van der Waals surface area (Å²) in [4.78, 5) is 10.9. The lowest BCUT2D eigenvalue weighted by Crippen LogP contribution is -2.41. The third-order valence-corrected chi connectivity index (χ3v) is 1.58. The van der Waals surface area contributed by atoms with E-state index in [0.717, 1.165) is 0 Å². The molecule has 0 saturated carbocycles. The highest BCUT2D eigenvalue weighted by Gasteiger charge is 2.09. The number of carbonyl (C=O) groups excluding carboxylic acids is 1. The molecule has 6 heteroatoms. The van der Waals surface area contributed by atoms with Gasteiger partial charge in [-0.2, -0.15) is 0 Å². The molecule has 0 aromatic heterocycles. The molecule has 2 N–H and O–H groups in total. The van der Waals surface area contributed by atoms with E-state index in [0.29, 0.717) is 6.54 Å². The molecule has 0 rings (SSSR count). The molecule has 1 amide bonds. The van der Waals surface area contributed by atoms with Crippen molar-refractivity contribution in [3.05, 3.63) is 0 Å². The second-order valence-electron chi connectivity index (χ2n) is 2.76. The van der Waals surface area contributed by atoms with Gasteiger partial charge in [0.2, 0.25) is 5.91 Å². The smallest absolute Gasteiger partial charge is 0.261 e. The Hall–Kier alpha value is -0.750. The number of rotatable bonds is 7. The maximum atomic E-state index is 11.6. The van der Waals surface area contributed by atoms with Gasteiger partial charge >= 0.3 is 0 Å². The van der Waals surface area contributed by atoms with Gasteiger partial charge in [-0.1, -0.05) is 0 Å². The molecule has 84 valence electrons. The first-order valence-electron chi connectivity index (χ1n) is 4.38. The predicted octanol–water partition coefficient (Wildman–Crippen LogP) is -0.00780. The molecular weight excluding hydrogens is 194 g/mol. The fourth-order valence-corrected chi connectivity index (χ4v) is 0.829. The van der Waals surface area contributed by atoms with Gasteiger partial charge in [-0.3, -0.25) is 4.79 Å². The number of carbonyl (C=O) groups is 1. The Labute approximate surface area is 82.0 Å². The molecule has 0 bridgehead atoms. The summed E-state index contributed by atoms with van der Waals surface area (Å²) in [5, 5.41) is 5.29. The van der Waals surface area contributed by atoms with Crippen molar-refractivity contribution >= 4 is 5.91 Å². The minimum absolute atomic E-state index is 0.140. The van der Waals surface area contributed by atoms with E-state index in [-0.39, 0.29) is 18.6 Å². The van der Waals surface area contributed by atoms with Crippen LogP contribution in [0.5, 0.6) is 0 Å². The van der Waals surface area contributed by atoms with Crippen molar-refractivity contribution in [1.82, 2.24) is 10.6 Å². The average molecular weight is 210 g/mol. The van der Waals surface area contributed by atoms with Crippen molar-refractivity contribution in [2.75, 3.05) is 26.8 Å². The topological polar surface area (TPSA) is 50.4 Å². The van der Waals surface area contributed by atoms with Crippen molar-refractivity contribution in [3.63, 3.8) is 0 Å². The van der Waals surface area contributed by atoms with Gasteiger partial charge in [-0.25, -0.2) is 8.78 Å². The van der Waals surface area contributed by atoms with Gasteiger partial charge in [-0.05, 0) is 6.92 Å². The van der Waals surface area contributed by atoms with Crippen molar-refractivity contribution < 1.29 is 18.3 Å². The summed E-state index contributed by atoms with van der Waals surface area (Å²) in [5.41, 5.74) is 0. The van der Waals surface area contributed by atoms with Gasteiger partial charge in [-0.15, -0.1) is 0 Å². The number of amides is 1. The standard InChI is InChI=1S/C8H16F2N2O2/c1-6(8(13)11-2)12-3-4-14-5-7(9)10/h6-7,12H,3-5H2,1-2H3,(H,11,13). The molecule has 0 aromatic rings. The minimum atomic E-state index is -2.44. The second-order valence-corrected chi connectivity index (χ2v) is 2.76. The van der Waals surface area contributed by atoms with E-state index in [9.17, 15) is 13.6 Å². The van der Waals surface area contributed by atoms with Gasteiger partial charge < -0.3 is 15.4 Å². The summed E-state index contributed by atoms with van der Waals surface area (Å²) < 4.78 is 27.8. The molecule has 0 saturated heterocycles. The highest BCUT2D eigenvalue weighted by Crippen LogP contribution is 1.91. The Morgan fingerprint density at radius 1 is 1.50 bits per heavy atom. The molecule has 0 aliphatic rings. The monoisotopic (exact) mass is 210 g/mol. The quantitative estimate of drug-likeness (QED) is 0.581. The fraction of sp³-hybridized carbons (Fsp3) is 0.875. The Bertz CT molecular complexity index is 167. The maximum absolute atomic E-state index is 11.6. The van der Waals surface area contributed by atoms with Crippen LogP contribution in [0, 0.1) is 0 Å². The number of hydrogen-bond donors (Lipinski definition) is 2. The van der Waals surface area contributed by atoms with Crippen LogP contribution in [0.1, 0.15) is 6.92 Å². The third kappa shape index (κ3) is 6.73. The Morgan fingerprint density at radius 2 is 2.14 bits per heavy atom. The van der Waals surface area contributed by atoms with Crippen LogP contribution in [0.4, 0.5) is 8.78 Å². The van der Waals surface area contributed by atoms with E-state index in [2.05, 4.69) is 15.4 Å². The van der Waals surface area contributed by atoms with Crippen LogP contribution in [-0.2, 0) is 9.53 Å². The van der Waals surface area contributed by atoms with Crippen LogP contribution in [0.15, 0.2) is 0 Å².